The number of ether oxygens (including phenoxy) is 1. The van der Waals surface area contributed by atoms with E-state index in [-0.39, 0.29) is 0 Å². The van der Waals surface area contributed by atoms with Crippen molar-refractivity contribution >= 4 is 0 Å². The normalized spacial score (nSPS) is 27.6. The van der Waals surface area contributed by atoms with E-state index in [2.05, 4.69) is 39.4 Å². The van der Waals surface area contributed by atoms with Gasteiger partial charge in [0, 0.05) is 42.9 Å². The molecule has 1 aliphatic heterocycles. The predicted octanol–water partition coefficient (Wildman–Crippen LogP) is 3.66. The fourth-order valence-corrected chi connectivity index (χ4v) is 5.01. The molecule has 1 saturated carbocycles. The number of fused-ring (bicyclic) bond motifs is 3. The highest BCUT2D eigenvalue weighted by atomic mass is 16.5. The number of hydrogen-bond acceptors (Lipinski definition) is 3. The van der Waals surface area contributed by atoms with Crippen molar-refractivity contribution in [2.24, 2.45) is 17.8 Å². The van der Waals surface area contributed by atoms with Gasteiger partial charge in [-0.15, -0.1) is 0 Å². The smallest absolute Gasteiger partial charge is 0.128 e. The lowest BCUT2D eigenvalue weighted by Crippen LogP contribution is -2.35. The summed E-state index contributed by atoms with van der Waals surface area (Å²) in [6, 6.07) is 8.19. The summed E-state index contributed by atoms with van der Waals surface area (Å²) in [7, 11) is 1.73. The molecule has 4 nitrogen and oxygen atoms in total. The third kappa shape index (κ3) is 2.60. The molecule has 3 aliphatic rings. The molecule has 1 fully saturated rings. The van der Waals surface area contributed by atoms with Gasteiger partial charge in [-0.25, -0.2) is 0 Å². The van der Waals surface area contributed by atoms with Crippen molar-refractivity contribution in [1.82, 2.24) is 15.1 Å². The maximum atomic E-state index is 5.55. The zero-order valence-electron chi connectivity index (χ0n) is 14.7. The SMILES string of the molecule is COc1ccccc1-c1n[nH]c2c1CN(C[C@@H]1C[C@H]3C=C[C@@H]1C3)CC2. The second kappa shape index (κ2) is 6.03. The van der Waals surface area contributed by atoms with Gasteiger partial charge in [-0.2, -0.15) is 5.10 Å². The van der Waals surface area contributed by atoms with Crippen LogP contribution in [-0.2, 0) is 13.0 Å². The van der Waals surface area contributed by atoms with Crippen LogP contribution in [-0.4, -0.2) is 35.3 Å². The molecule has 0 unspecified atom stereocenters. The molecular formula is C21H25N3O. The Labute approximate surface area is 148 Å². The van der Waals surface area contributed by atoms with E-state index in [4.69, 9.17) is 4.74 Å². The van der Waals surface area contributed by atoms with Crippen molar-refractivity contribution in [2.45, 2.75) is 25.8 Å². The fourth-order valence-electron chi connectivity index (χ4n) is 5.01. The molecule has 0 saturated heterocycles. The van der Waals surface area contributed by atoms with Gasteiger partial charge in [0.05, 0.1) is 7.11 Å². The number of methoxy groups -OCH3 is 1. The third-order valence-electron chi connectivity index (χ3n) is 6.28. The van der Waals surface area contributed by atoms with Gasteiger partial charge in [-0.1, -0.05) is 24.3 Å². The van der Waals surface area contributed by atoms with Crippen molar-refractivity contribution in [3.8, 4) is 17.0 Å². The maximum absolute atomic E-state index is 5.55. The van der Waals surface area contributed by atoms with Crippen LogP contribution in [0, 0.1) is 17.8 Å². The van der Waals surface area contributed by atoms with Gasteiger partial charge in [-0.3, -0.25) is 10.00 Å². The molecular weight excluding hydrogens is 310 g/mol. The molecule has 1 N–H and O–H groups in total. The number of benzene rings is 1. The number of allylic oxidation sites excluding steroid dienone is 2. The average Bonchev–Trinajstić information content (AvgIpc) is 3.36. The van der Waals surface area contributed by atoms with Crippen molar-refractivity contribution < 1.29 is 4.74 Å². The van der Waals surface area contributed by atoms with E-state index in [0.29, 0.717) is 0 Å². The van der Waals surface area contributed by atoms with Gasteiger partial charge in [0.2, 0.25) is 0 Å². The van der Waals surface area contributed by atoms with Crippen molar-refractivity contribution in [1.29, 1.82) is 0 Å². The summed E-state index contributed by atoms with van der Waals surface area (Å²) in [6.45, 7) is 3.36. The zero-order valence-corrected chi connectivity index (χ0v) is 14.7. The van der Waals surface area contributed by atoms with Crippen LogP contribution < -0.4 is 4.74 Å². The minimum atomic E-state index is 0.824. The second-order valence-corrected chi connectivity index (χ2v) is 7.76. The molecule has 130 valence electrons. The van der Waals surface area contributed by atoms with Gasteiger partial charge in [0.25, 0.3) is 0 Å². The number of rotatable bonds is 4. The van der Waals surface area contributed by atoms with E-state index in [1.165, 1.54) is 30.6 Å². The van der Waals surface area contributed by atoms with Crippen LogP contribution in [0.2, 0.25) is 0 Å². The second-order valence-electron chi connectivity index (χ2n) is 7.76. The third-order valence-corrected chi connectivity index (χ3v) is 6.28. The first-order chi connectivity index (χ1) is 12.3. The number of nitrogens with one attached hydrogen (secondary N) is 1. The van der Waals surface area contributed by atoms with Crippen molar-refractivity contribution in [2.75, 3.05) is 20.2 Å². The number of hydrogen-bond donors (Lipinski definition) is 1. The highest BCUT2D eigenvalue weighted by Crippen LogP contribution is 2.44. The van der Waals surface area contributed by atoms with Crippen molar-refractivity contribution in [3.05, 3.63) is 47.7 Å². The number of aromatic amines is 1. The molecule has 0 radical (unpaired) electrons. The first-order valence-corrected chi connectivity index (χ1v) is 9.42. The van der Waals surface area contributed by atoms with Crippen LogP contribution in [0.25, 0.3) is 11.3 Å². The Balaban J connectivity index is 1.39. The monoisotopic (exact) mass is 335 g/mol. The summed E-state index contributed by atoms with van der Waals surface area (Å²) < 4.78 is 5.55. The van der Waals surface area contributed by atoms with E-state index in [0.717, 1.165) is 54.3 Å². The number of nitrogens with zero attached hydrogens (tertiary/aromatic N) is 2. The minimum absolute atomic E-state index is 0.824. The largest absolute Gasteiger partial charge is 0.496 e. The van der Waals surface area contributed by atoms with E-state index in [1.807, 2.05) is 12.1 Å². The Kier molecular flexibility index (Phi) is 3.66. The number of aromatic nitrogens is 2. The Hall–Kier alpha value is -2.07. The van der Waals surface area contributed by atoms with Gasteiger partial charge in [-0.05, 0) is 42.7 Å². The molecule has 3 atom stereocenters. The van der Waals surface area contributed by atoms with E-state index < -0.39 is 0 Å². The van der Waals surface area contributed by atoms with Crippen LogP contribution in [0.15, 0.2) is 36.4 Å². The van der Waals surface area contributed by atoms with E-state index in [9.17, 15) is 0 Å². The molecule has 1 aromatic carbocycles. The van der Waals surface area contributed by atoms with Crippen LogP contribution in [0.1, 0.15) is 24.1 Å². The van der Waals surface area contributed by atoms with Crippen LogP contribution in [0.4, 0.5) is 0 Å². The summed E-state index contributed by atoms with van der Waals surface area (Å²) in [5.74, 6) is 3.42. The summed E-state index contributed by atoms with van der Waals surface area (Å²) >= 11 is 0. The lowest BCUT2D eigenvalue weighted by Gasteiger charge is -2.31. The average molecular weight is 335 g/mol. The summed E-state index contributed by atoms with van der Waals surface area (Å²) in [4.78, 5) is 2.63. The maximum Gasteiger partial charge on any atom is 0.128 e. The highest BCUT2D eigenvalue weighted by molar-refractivity contribution is 5.70. The Morgan fingerprint density at radius 3 is 2.96 bits per heavy atom. The Morgan fingerprint density at radius 1 is 1.24 bits per heavy atom. The Bertz CT molecular complexity index is 809. The van der Waals surface area contributed by atoms with Gasteiger partial charge < -0.3 is 4.74 Å². The number of para-hydroxylation sites is 1. The molecule has 4 heteroatoms. The van der Waals surface area contributed by atoms with Gasteiger partial charge in [0.15, 0.2) is 0 Å². The molecule has 5 rings (SSSR count). The number of H-pyrrole nitrogens is 1. The minimum Gasteiger partial charge on any atom is -0.496 e. The Morgan fingerprint density at radius 2 is 2.16 bits per heavy atom. The molecule has 0 amide bonds. The molecule has 2 heterocycles. The summed E-state index contributed by atoms with van der Waals surface area (Å²) in [5, 5.41) is 7.91. The molecule has 1 aromatic heterocycles. The summed E-state index contributed by atoms with van der Waals surface area (Å²) in [5.41, 5.74) is 4.80. The molecule has 2 aliphatic carbocycles. The first-order valence-electron chi connectivity index (χ1n) is 9.42. The zero-order chi connectivity index (χ0) is 16.8. The van der Waals surface area contributed by atoms with Gasteiger partial charge in [0.1, 0.15) is 11.4 Å². The lowest BCUT2D eigenvalue weighted by molar-refractivity contribution is 0.199. The quantitative estimate of drug-likeness (QED) is 0.867. The van der Waals surface area contributed by atoms with Crippen LogP contribution >= 0.6 is 0 Å². The fraction of sp³-hybridized carbons (Fsp3) is 0.476. The van der Waals surface area contributed by atoms with Crippen molar-refractivity contribution in [3.63, 3.8) is 0 Å². The standard InChI is InChI=1S/C21H25N3O/c1-25-20-5-3-2-4-17(20)21-18-13-24(9-8-19(18)22-23-21)12-16-11-14-6-7-15(16)10-14/h2-7,14-16H,8-13H2,1H3,(H,22,23)/t14-,15+,16-/m0/s1. The van der Waals surface area contributed by atoms with E-state index >= 15 is 0 Å². The molecule has 25 heavy (non-hydrogen) atoms. The topological polar surface area (TPSA) is 41.1 Å². The summed E-state index contributed by atoms with van der Waals surface area (Å²) in [6.07, 6.45) is 8.74. The predicted molar refractivity (Wildman–Crippen MR) is 98.4 cm³/mol. The highest BCUT2D eigenvalue weighted by Gasteiger charge is 2.37. The van der Waals surface area contributed by atoms with E-state index in [1.54, 1.807) is 7.11 Å². The molecule has 0 spiro atoms. The van der Waals surface area contributed by atoms with Crippen LogP contribution in [0.3, 0.4) is 0 Å². The first kappa shape index (κ1) is 15.2. The lowest BCUT2D eigenvalue weighted by atomic mass is 9.92. The molecule has 2 aromatic rings. The van der Waals surface area contributed by atoms with Crippen LogP contribution in [0.5, 0.6) is 5.75 Å². The van der Waals surface area contributed by atoms with Gasteiger partial charge >= 0.3 is 0 Å². The molecule has 2 bridgehead atoms.